The minimum atomic E-state index is -4.03. The second-order valence-corrected chi connectivity index (χ2v) is 18.2. The van der Waals surface area contributed by atoms with Crippen LogP contribution in [-0.4, -0.2) is 110 Å². The van der Waals surface area contributed by atoms with E-state index >= 15 is 0 Å². The summed E-state index contributed by atoms with van der Waals surface area (Å²) in [5.41, 5.74) is 1.64. The number of hydrogen-bond acceptors (Lipinski definition) is 11. The van der Waals surface area contributed by atoms with Crippen molar-refractivity contribution in [2.75, 3.05) is 44.7 Å². The topological polar surface area (TPSA) is 143 Å². The number of aliphatic hydroxyl groups is 1. The number of likely N-dealkylation sites (tertiary alicyclic amines) is 1. The molecule has 0 unspecified atom stereocenters. The fourth-order valence-electron chi connectivity index (χ4n) is 8.16. The van der Waals surface area contributed by atoms with Crippen molar-refractivity contribution >= 4 is 42.8 Å². The molecule has 5 atom stereocenters. The molecule has 14 heteroatoms. The normalized spacial score (nSPS) is 24.4. The molecule has 4 aliphatic rings. The second-order valence-electron chi connectivity index (χ2n) is 15.2. The Balaban J connectivity index is 1.03. The number of amides is 1. The third-order valence-corrected chi connectivity index (χ3v) is 13.7. The number of aromatic nitrogens is 1. The fraction of sp³-hybridized carbons (Fsp3) is 0.632. The molecule has 1 saturated carbocycles. The highest BCUT2D eigenvalue weighted by atomic mass is 32.2. The van der Waals surface area contributed by atoms with E-state index in [-0.39, 0.29) is 49.1 Å². The Bertz CT molecular complexity index is 1740. The van der Waals surface area contributed by atoms with Crippen LogP contribution >= 0.6 is 11.3 Å². The number of fused-ring (bicyclic) bond motifs is 2. The first-order valence-electron chi connectivity index (χ1n) is 19.0. The molecule has 3 aliphatic heterocycles. The van der Waals surface area contributed by atoms with E-state index in [0.717, 1.165) is 59.3 Å². The number of sulfonamides is 1. The molecule has 4 fully saturated rings. The molecule has 1 amide bonds. The van der Waals surface area contributed by atoms with Crippen molar-refractivity contribution in [3.63, 3.8) is 0 Å². The van der Waals surface area contributed by atoms with Crippen molar-refractivity contribution in [2.45, 2.75) is 107 Å². The van der Waals surface area contributed by atoms with E-state index in [2.05, 4.69) is 15.5 Å². The number of carbonyl (C=O) groups is 1. The Morgan fingerprint density at radius 1 is 1.06 bits per heavy atom. The van der Waals surface area contributed by atoms with Gasteiger partial charge in [0.2, 0.25) is 10.0 Å². The summed E-state index contributed by atoms with van der Waals surface area (Å²) in [6.45, 7) is 6.87. The number of hydrogen-bond donors (Lipinski definition) is 3. The van der Waals surface area contributed by atoms with Crippen LogP contribution in [0, 0.1) is 11.8 Å². The smallest absolute Gasteiger partial charge is 0.407 e. The zero-order chi connectivity index (χ0) is 36.2. The quantitative estimate of drug-likeness (QED) is 0.201. The van der Waals surface area contributed by atoms with Crippen molar-refractivity contribution in [1.29, 1.82) is 0 Å². The summed E-state index contributed by atoms with van der Waals surface area (Å²) >= 11 is 1.47. The predicted octanol–water partition coefficient (Wildman–Crippen LogP) is 5.22. The molecule has 3 saturated heterocycles. The Hall–Kier alpha value is -2.85. The zero-order valence-corrected chi connectivity index (χ0v) is 31.8. The van der Waals surface area contributed by atoms with E-state index in [0.29, 0.717) is 12.6 Å². The van der Waals surface area contributed by atoms with E-state index in [1.807, 2.05) is 44.2 Å². The van der Waals surface area contributed by atoms with E-state index in [9.17, 15) is 18.3 Å². The van der Waals surface area contributed by atoms with Gasteiger partial charge in [0.25, 0.3) is 0 Å². The summed E-state index contributed by atoms with van der Waals surface area (Å²) in [7, 11) is -4.03. The molecule has 52 heavy (non-hydrogen) atoms. The van der Waals surface area contributed by atoms with Crippen LogP contribution in [0.2, 0.25) is 0 Å². The van der Waals surface area contributed by atoms with Gasteiger partial charge in [-0.25, -0.2) is 18.2 Å². The van der Waals surface area contributed by atoms with Crippen LogP contribution in [0.4, 0.5) is 9.93 Å². The third-order valence-electron chi connectivity index (χ3n) is 11.0. The number of anilines is 1. The van der Waals surface area contributed by atoms with Gasteiger partial charge in [0.05, 0.1) is 46.4 Å². The molecule has 7 rings (SSSR count). The fourth-order valence-corrected chi connectivity index (χ4v) is 10.9. The minimum Gasteiger partial charge on any atom is -0.443 e. The molecule has 12 nitrogen and oxygen atoms in total. The van der Waals surface area contributed by atoms with Gasteiger partial charge in [-0.2, -0.15) is 4.31 Å². The number of nitrogens with zero attached hydrogens (tertiary/aromatic N) is 3. The van der Waals surface area contributed by atoms with Gasteiger partial charge < -0.3 is 34.9 Å². The second kappa shape index (κ2) is 16.7. The third kappa shape index (κ3) is 8.91. The molecule has 0 radical (unpaired) electrons. The highest BCUT2D eigenvalue weighted by Gasteiger charge is 2.44. The Morgan fingerprint density at radius 2 is 1.83 bits per heavy atom. The van der Waals surface area contributed by atoms with Crippen LogP contribution < -0.4 is 10.6 Å². The lowest BCUT2D eigenvalue weighted by atomic mass is 10.0. The SMILES string of the molecule is CC(C)CN(C[C@@H](O)[C@H](Cc1ccccc1)NC(=O)O[C@H]1CO[C@@H]2OCC[C@@H]21)S(=O)(=O)c1ccc2nc(NC3CCN(C4CCCC4)CC3)sc2c1. The van der Waals surface area contributed by atoms with Gasteiger partial charge in [-0.3, -0.25) is 0 Å². The molecule has 2 aromatic carbocycles. The van der Waals surface area contributed by atoms with E-state index in [1.54, 1.807) is 18.2 Å². The van der Waals surface area contributed by atoms with Crippen LogP contribution in [0.25, 0.3) is 10.2 Å². The number of thiazole rings is 1. The molecule has 0 bridgehead atoms. The maximum atomic E-state index is 14.3. The van der Waals surface area contributed by atoms with Gasteiger partial charge in [0.1, 0.15) is 6.10 Å². The molecular formula is C38H53N5O7S2. The number of carbonyl (C=O) groups excluding carboxylic acids is 1. The lowest BCUT2D eigenvalue weighted by molar-refractivity contribution is -0.0907. The van der Waals surface area contributed by atoms with Gasteiger partial charge >= 0.3 is 6.09 Å². The number of ether oxygens (including phenoxy) is 3. The average Bonchev–Trinajstić information content (AvgIpc) is 3.95. The van der Waals surface area contributed by atoms with Gasteiger partial charge in [-0.1, -0.05) is 68.4 Å². The van der Waals surface area contributed by atoms with Crippen LogP contribution in [0.15, 0.2) is 53.4 Å². The lowest BCUT2D eigenvalue weighted by Crippen LogP contribution is -2.51. The van der Waals surface area contributed by atoms with E-state index in [1.165, 1.54) is 41.3 Å². The van der Waals surface area contributed by atoms with Crippen LogP contribution in [0.3, 0.4) is 0 Å². The number of rotatable bonds is 14. The molecule has 0 spiro atoms. The number of nitrogens with one attached hydrogen (secondary N) is 2. The van der Waals surface area contributed by atoms with Gasteiger partial charge in [-0.15, -0.1) is 0 Å². The molecule has 1 aromatic heterocycles. The average molecular weight is 756 g/mol. The zero-order valence-electron chi connectivity index (χ0n) is 30.2. The predicted molar refractivity (Wildman–Crippen MR) is 201 cm³/mol. The van der Waals surface area contributed by atoms with Crippen molar-refractivity contribution in [3.8, 4) is 0 Å². The molecule has 1 aliphatic carbocycles. The molecule has 4 heterocycles. The first-order chi connectivity index (χ1) is 25.1. The van der Waals surface area contributed by atoms with Crippen molar-refractivity contribution in [1.82, 2.24) is 19.5 Å². The van der Waals surface area contributed by atoms with E-state index < -0.39 is 34.4 Å². The van der Waals surface area contributed by atoms with Crippen molar-refractivity contribution in [2.24, 2.45) is 11.8 Å². The Morgan fingerprint density at radius 3 is 2.58 bits per heavy atom. The van der Waals surface area contributed by atoms with Crippen molar-refractivity contribution in [3.05, 3.63) is 54.1 Å². The maximum absolute atomic E-state index is 14.3. The van der Waals surface area contributed by atoms with Crippen LogP contribution in [0.5, 0.6) is 0 Å². The number of aliphatic hydroxyl groups excluding tert-OH is 1. The first kappa shape index (κ1) is 37.5. The summed E-state index contributed by atoms with van der Waals surface area (Å²) in [5, 5.41) is 19.0. The largest absolute Gasteiger partial charge is 0.443 e. The van der Waals surface area contributed by atoms with Gasteiger partial charge in [0.15, 0.2) is 11.4 Å². The lowest BCUT2D eigenvalue weighted by Gasteiger charge is -2.36. The molecule has 284 valence electrons. The summed E-state index contributed by atoms with van der Waals surface area (Å²) in [6.07, 6.45) is 5.77. The van der Waals surface area contributed by atoms with Crippen molar-refractivity contribution < 1.29 is 32.5 Å². The van der Waals surface area contributed by atoms with Gasteiger partial charge in [-0.05, 0) is 68.2 Å². The summed E-state index contributed by atoms with van der Waals surface area (Å²) < 4.78 is 47.6. The molecule has 3 aromatic rings. The van der Waals surface area contributed by atoms with Crippen LogP contribution in [0.1, 0.15) is 64.4 Å². The number of piperidine rings is 1. The molecule has 3 N–H and O–H groups in total. The summed E-state index contributed by atoms with van der Waals surface area (Å²) in [6, 6.07) is 14.8. The highest BCUT2D eigenvalue weighted by Crippen LogP contribution is 2.34. The minimum absolute atomic E-state index is 0.0144. The summed E-state index contributed by atoms with van der Waals surface area (Å²) in [4.78, 5) is 20.8. The van der Waals surface area contributed by atoms with Crippen LogP contribution in [-0.2, 0) is 30.7 Å². The molecular weight excluding hydrogens is 703 g/mol. The summed E-state index contributed by atoms with van der Waals surface area (Å²) in [5.74, 6) is -0.0448. The standard InChI is InChI=1S/C38H53N5O7S2/c1-25(2)22-43(23-33(44)32(20-26-8-4-3-5-9-26)41-38(45)50-34-24-49-36-30(34)16-19-48-36)52(46,47)29-12-13-31-35(21-29)51-37(40-31)39-27-14-17-42(18-15-27)28-10-6-7-11-28/h3-5,8-9,12-13,21,25,27-28,30,32-34,36,44H,6-7,10-11,14-20,22-24H2,1-2H3,(H,39,40)(H,41,45)/t30-,32+,33-,34+,36+/m1/s1. The number of benzene rings is 2. The highest BCUT2D eigenvalue weighted by molar-refractivity contribution is 7.89. The Kier molecular flexibility index (Phi) is 12.0. The maximum Gasteiger partial charge on any atom is 0.407 e. The number of alkyl carbamates (subject to hydrolysis) is 1. The first-order valence-corrected chi connectivity index (χ1v) is 21.2. The van der Waals surface area contributed by atoms with E-state index in [4.69, 9.17) is 19.2 Å². The van der Waals surface area contributed by atoms with Gasteiger partial charge in [0, 0.05) is 38.3 Å². The monoisotopic (exact) mass is 755 g/mol. The Labute approximate surface area is 311 Å².